The van der Waals surface area contributed by atoms with Gasteiger partial charge in [0, 0.05) is 6.04 Å². The molecule has 2 unspecified atom stereocenters. The lowest BCUT2D eigenvalue weighted by molar-refractivity contribution is 0.197. The maximum Gasteiger partial charge on any atom is 0.0141 e. The third kappa shape index (κ3) is 3.63. The fourth-order valence-corrected chi connectivity index (χ4v) is 3.88. The van der Waals surface area contributed by atoms with Gasteiger partial charge in [0.1, 0.15) is 0 Å². The van der Waals surface area contributed by atoms with Crippen LogP contribution in [0.25, 0.3) is 0 Å². The summed E-state index contributed by atoms with van der Waals surface area (Å²) in [6.07, 6.45) is 6.47. The van der Waals surface area contributed by atoms with Gasteiger partial charge in [0.05, 0.1) is 0 Å². The predicted octanol–water partition coefficient (Wildman–Crippen LogP) is 4.60. The van der Waals surface area contributed by atoms with Crippen molar-refractivity contribution in [3.05, 3.63) is 35.4 Å². The van der Waals surface area contributed by atoms with Crippen LogP contribution in [0.4, 0.5) is 0 Å². The van der Waals surface area contributed by atoms with E-state index in [0.29, 0.717) is 11.5 Å². The van der Waals surface area contributed by atoms with Gasteiger partial charge in [0.2, 0.25) is 0 Å². The number of aryl methyl sites for hydroxylation is 1. The molecule has 1 saturated carbocycles. The number of benzene rings is 1. The van der Waals surface area contributed by atoms with Crippen molar-refractivity contribution in [3.8, 4) is 0 Å². The summed E-state index contributed by atoms with van der Waals surface area (Å²) in [5.74, 6) is 0.813. The predicted molar refractivity (Wildman–Crippen MR) is 88.1 cm³/mol. The Balaban J connectivity index is 2.08. The van der Waals surface area contributed by atoms with Crippen LogP contribution in [-0.4, -0.2) is 12.6 Å². The maximum absolute atomic E-state index is 3.76. The first kappa shape index (κ1) is 15.6. The van der Waals surface area contributed by atoms with E-state index in [1.165, 1.54) is 36.8 Å². The van der Waals surface area contributed by atoms with Crippen molar-refractivity contribution in [2.75, 3.05) is 6.54 Å². The number of hydrogen-bond acceptors (Lipinski definition) is 1. The molecular weight excluding hydrogens is 242 g/mol. The van der Waals surface area contributed by atoms with Crippen LogP contribution in [0.5, 0.6) is 0 Å². The molecule has 1 fully saturated rings. The van der Waals surface area contributed by atoms with Gasteiger partial charge >= 0.3 is 0 Å². The molecule has 0 amide bonds. The molecule has 0 aromatic heterocycles. The standard InChI is InChI=1S/C19H31N/c1-5-15-9-11-16(12-10-15)14-18(20-6-2)17-8-7-13-19(17,3)4/h9-12,17-18,20H,5-8,13-14H2,1-4H3. The van der Waals surface area contributed by atoms with Crippen molar-refractivity contribution in [1.82, 2.24) is 5.32 Å². The minimum Gasteiger partial charge on any atom is -0.314 e. The second-order valence-electron chi connectivity index (χ2n) is 7.03. The van der Waals surface area contributed by atoms with Gasteiger partial charge in [-0.15, -0.1) is 0 Å². The Hall–Kier alpha value is -0.820. The molecule has 1 heteroatoms. The Morgan fingerprint density at radius 2 is 1.80 bits per heavy atom. The SMILES string of the molecule is CCNC(Cc1ccc(CC)cc1)C1CCCC1(C)C. The highest BCUT2D eigenvalue weighted by Gasteiger charge is 2.39. The molecule has 0 heterocycles. The molecule has 1 aromatic rings. The average molecular weight is 273 g/mol. The lowest BCUT2D eigenvalue weighted by Crippen LogP contribution is -2.42. The number of likely N-dealkylation sites (N-methyl/N-ethyl adjacent to an activating group) is 1. The summed E-state index contributed by atoms with van der Waals surface area (Å²) >= 11 is 0. The lowest BCUT2D eigenvalue weighted by atomic mass is 9.76. The van der Waals surface area contributed by atoms with E-state index < -0.39 is 0 Å². The normalized spacial score (nSPS) is 22.9. The first-order valence-electron chi connectivity index (χ1n) is 8.38. The smallest absolute Gasteiger partial charge is 0.0141 e. The van der Waals surface area contributed by atoms with Crippen molar-refractivity contribution in [1.29, 1.82) is 0 Å². The van der Waals surface area contributed by atoms with Crippen molar-refractivity contribution >= 4 is 0 Å². The molecular formula is C19H31N. The number of hydrogen-bond donors (Lipinski definition) is 1. The average Bonchev–Trinajstić information content (AvgIpc) is 2.78. The van der Waals surface area contributed by atoms with Gasteiger partial charge in [-0.1, -0.05) is 58.4 Å². The Labute approximate surface area is 125 Å². The molecule has 112 valence electrons. The largest absolute Gasteiger partial charge is 0.314 e. The van der Waals surface area contributed by atoms with Gasteiger partial charge in [-0.2, -0.15) is 0 Å². The third-order valence-corrected chi connectivity index (χ3v) is 5.18. The first-order chi connectivity index (χ1) is 9.56. The molecule has 0 aliphatic heterocycles. The van der Waals surface area contributed by atoms with Crippen LogP contribution >= 0.6 is 0 Å². The minimum absolute atomic E-state index is 0.496. The van der Waals surface area contributed by atoms with Crippen molar-refractivity contribution in [3.63, 3.8) is 0 Å². The van der Waals surface area contributed by atoms with Crippen LogP contribution in [0.3, 0.4) is 0 Å². The zero-order chi connectivity index (χ0) is 14.6. The Morgan fingerprint density at radius 3 is 2.30 bits per heavy atom. The Kier molecular flexibility index (Phi) is 5.26. The van der Waals surface area contributed by atoms with Crippen molar-refractivity contribution in [2.24, 2.45) is 11.3 Å². The third-order valence-electron chi connectivity index (χ3n) is 5.18. The first-order valence-corrected chi connectivity index (χ1v) is 8.38. The zero-order valence-electron chi connectivity index (χ0n) is 13.7. The molecule has 1 nitrogen and oxygen atoms in total. The second-order valence-corrected chi connectivity index (χ2v) is 7.03. The molecule has 0 radical (unpaired) electrons. The van der Waals surface area contributed by atoms with E-state index in [9.17, 15) is 0 Å². The van der Waals surface area contributed by atoms with E-state index in [4.69, 9.17) is 0 Å². The highest BCUT2D eigenvalue weighted by Crippen LogP contribution is 2.44. The molecule has 1 aromatic carbocycles. The fraction of sp³-hybridized carbons (Fsp3) is 0.684. The quantitative estimate of drug-likeness (QED) is 0.799. The van der Waals surface area contributed by atoms with E-state index in [-0.39, 0.29) is 0 Å². The molecule has 1 aliphatic carbocycles. The van der Waals surface area contributed by atoms with Gasteiger partial charge < -0.3 is 5.32 Å². The van der Waals surface area contributed by atoms with Gasteiger partial charge in [0.15, 0.2) is 0 Å². The van der Waals surface area contributed by atoms with E-state index in [2.05, 4.69) is 57.3 Å². The minimum atomic E-state index is 0.496. The summed E-state index contributed by atoms with van der Waals surface area (Å²) in [6.45, 7) is 10.4. The molecule has 20 heavy (non-hydrogen) atoms. The van der Waals surface area contributed by atoms with Crippen LogP contribution in [0.15, 0.2) is 24.3 Å². The molecule has 0 saturated heterocycles. The molecule has 1 aliphatic rings. The van der Waals surface area contributed by atoms with E-state index in [1.807, 2.05) is 0 Å². The number of nitrogens with one attached hydrogen (secondary N) is 1. The summed E-state index contributed by atoms with van der Waals surface area (Å²) < 4.78 is 0. The maximum atomic E-state index is 3.76. The summed E-state index contributed by atoms with van der Waals surface area (Å²) in [4.78, 5) is 0. The molecule has 1 N–H and O–H groups in total. The number of rotatable bonds is 6. The molecule has 0 bridgehead atoms. The van der Waals surface area contributed by atoms with E-state index >= 15 is 0 Å². The van der Waals surface area contributed by atoms with Gasteiger partial charge in [-0.25, -0.2) is 0 Å². The molecule has 2 rings (SSSR count). The van der Waals surface area contributed by atoms with Gasteiger partial charge in [-0.05, 0) is 54.7 Å². The van der Waals surface area contributed by atoms with Crippen LogP contribution in [-0.2, 0) is 12.8 Å². The lowest BCUT2D eigenvalue weighted by Gasteiger charge is -2.35. The second kappa shape index (κ2) is 6.76. The van der Waals surface area contributed by atoms with Crippen LogP contribution < -0.4 is 5.32 Å². The highest BCUT2D eigenvalue weighted by atomic mass is 14.9. The Bertz CT molecular complexity index is 404. The van der Waals surface area contributed by atoms with Crippen LogP contribution in [0.1, 0.15) is 58.1 Å². The van der Waals surface area contributed by atoms with E-state index in [1.54, 1.807) is 0 Å². The van der Waals surface area contributed by atoms with Crippen molar-refractivity contribution in [2.45, 2.75) is 65.8 Å². The summed E-state index contributed by atoms with van der Waals surface area (Å²) in [7, 11) is 0. The van der Waals surface area contributed by atoms with Crippen LogP contribution in [0, 0.1) is 11.3 Å². The van der Waals surface area contributed by atoms with Gasteiger partial charge in [-0.3, -0.25) is 0 Å². The summed E-state index contributed by atoms with van der Waals surface area (Å²) in [5, 5.41) is 3.76. The summed E-state index contributed by atoms with van der Waals surface area (Å²) in [5.41, 5.74) is 3.42. The fourth-order valence-electron chi connectivity index (χ4n) is 3.88. The zero-order valence-corrected chi connectivity index (χ0v) is 13.7. The van der Waals surface area contributed by atoms with E-state index in [0.717, 1.165) is 18.9 Å². The molecule has 0 spiro atoms. The van der Waals surface area contributed by atoms with Crippen molar-refractivity contribution < 1.29 is 0 Å². The Morgan fingerprint density at radius 1 is 1.15 bits per heavy atom. The molecule has 2 atom stereocenters. The van der Waals surface area contributed by atoms with Gasteiger partial charge in [0.25, 0.3) is 0 Å². The summed E-state index contributed by atoms with van der Waals surface area (Å²) in [6, 6.07) is 9.86. The van der Waals surface area contributed by atoms with Crippen LogP contribution in [0.2, 0.25) is 0 Å². The highest BCUT2D eigenvalue weighted by molar-refractivity contribution is 5.23. The topological polar surface area (TPSA) is 12.0 Å². The monoisotopic (exact) mass is 273 g/mol.